The van der Waals surface area contributed by atoms with Crippen LogP contribution >= 0.6 is 0 Å². The first kappa shape index (κ1) is 15.8. The van der Waals surface area contributed by atoms with Crippen molar-refractivity contribution in [2.75, 3.05) is 20.3 Å². The zero-order chi connectivity index (χ0) is 15.1. The normalized spacial score (nSPS) is 11.2. The third kappa shape index (κ3) is 4.45. The van der Waals surface area contributed by atoms with E-state index in [9.17, 15) is 0 Å². The van der Waals surface area contributed by atoms with Crippen LogP contribution in [0, 0.1) is 0 Å². The molecular weight excluding hydrogens is 262 g/mol. The molecule has 3 heteroatoms. The molecule has 0 aliphatic heterocycles. The molecule has 0 heterocycles. The number of ether oxygens (including phenoxy) is 2. The Balaban J connectivity index is 1.93. The molecule has 114 valence electrons. The number of hydrogen-bond acceptors (Lipinski definition) is 3. The molecule has 1 N–H and O–H groups in total. The first-order valence-electron chi connectivity index (χ1n) is 7.59. The van der Waals surface area contributed by atoms with E-state index < -0.39 is 0 Å². The van der Waals surface area contributed by atoms with Gasteiger partial charge in [-0.25, -0.2) is 0 Å². The Morgan fingerprint density at radius 2 is 1.81 bits per heavy atom. The highest BCUT2D eigenvalue weighted by atomic mass is 16.5. The van der Waals surface area contributed by atoms with Crippen LogP contribution in [0.4, 0.5) is 0 Å². The van der Waals surface area contributed by atoms with Gasteiger partial charge in [0.25, 0.3) is 0 Å². The molecule has 0 fully saturated rings. The van der Waals surface area contributed by atoms with Crippen molar-refractivity contribution in [3.8, 4) is 5.75 Å². The first-order valence-corrected chi connectivity index (χ1v) is 7.59. The standard InChI is InChI=1S/C18H25NO2/c1-14(2)21-12-6-11-19-13-15-9-10-18(20-3)17-8-5-4-7-16(15)17/h4-5,7-10,14,19H,6,11-13H2,1-3H3. The number of hydrogen-bond donors (Lipinski definition) is 1. The summed E-state index contributed by atoms with van der Waals surface area (Å²) >= 11 is 0. The van der Waals surface area contributed by atoms with Crippen LogP contribution in [0.5, 0.6) is 5.75 Å². The molecule has 2 aromatic rings. The van der Waals surface area contributed by atoms with Crippen molar-refractivity contribution < 1.29 is 9.47 Å². The summed E-state index contributed by atoms with van der Waals surface area (Å²) in [5, 5.41) is 5.91. The summed E-state index contributed by atoms with van der Waals surface area (Å²) in [6, 6.07) is 12.6. The van der Waals surface area contributed by atoms with Crippen LogP contribution < -0.4 is 10.1 Å². The molecule has 2 aromatic carbocycles. The van der Waals surface area contributed by atoms with Crippen molar-refractivity contribution >= 4 is 10.8 Å². The highest BCUT2D eigenvalue weighted by molar-refractivity contribution is 5.91. The predicted molar refractivity (Wildman–Crippen MR) is 87.9 cm³/mol. The monoisotopic (exact) mass is 287 g/mol. The van der Waals surface area contributed by atoms with Crippen LogP contribution in [0.3, 0.4) is 0 Å². The summed E-state index contributed by atoms with van der Waals surface area (Å²) in [7, 11) is 1.72. The summed E-state index contributed by atoms with van der Waals surface area (Å²) in [6.45, 7) is 6.78. The Labute approximate surface area is 127 Å². The summed E-state index contributed by atoms with van der Waals surface area (Å²) in [4.78, 5) is 0. The molecule has 0 aliphatic carbocycles. The number of nitrogens with one attached hydrogen (secondary N) is 1. The highest BCUT2D eigenvalue weighted by Crippen LogP contribution is 2.28. The van der Waals surface area contributed by atoms with Crippen LogP contribution in [-0.2, 0) is 11.3 Å². The molecule has 2 rings (SSSR count). The fraction of sp³-hybridized carbons (Fsp3) is 0.444. The second kappa shape index (κ2) is 8.01. The van der Waals surface area contributed by atoms with Gasteiger partial charge in [0.2, 0.25) is 0 Å². The lowest BCUT2D eigenvalue weighted by Crippen LogP contribution is -2.17. The fourth-order valence-electron chi connectivity index (χ4n) is 2.41. The predicted octanol–water partition coefficient (Wildman–Crippen LogP) is 3.75. The van der Waals surface area contributed by atoms with Crippen LogP contribution in [0.2, 0.25) is 0 Å². The molecule has 0 amide bonds. The number of methoxy groups -OCH3 is 1. The topological polar surface area (TPSA) is 30.5 Å². The van der Waals surface area contributed by atoms with E-state index in [-0.39, 0.29) is 0 Å². The van der Waals surface area contributed by atoms with E-state index in [1.54, 1.807) is 7.11 Å². The average molecular weight is 287 g/mol. The Kier molecular flexibility index (Phi) is 6.03. The van der Waals surface area contributed by atoms with Gasteiger partial charge in [-0.3, -0.25) is 0 Å². The molecule has 21 heavy (non-hydrogen) atoms. The van der Waals surface area contributed by atoms with Gasteiger partial charge in [0.15, 0.2) is 0 Å². The van der Waals surface area contributed by atoms with Crippen molar-refractivity contribution in [1.82, 2.24) is 5.32 Å². The van der Waals surface area contributed by atoms with Gasteiger partial charge in [0.05, 0.1) is 13.2 Å². The average Bonchev–Trinajstić information content (AvgIpc) is 2.50. The first-order chi connectivity index (χ1) is 10.2. The van der Waals surface area contributed by atoms with Gasteiger partial charge < -0.3 is 14.8 Å². The molecule has 0 aliphatic rings. The van der Waals surface area contributed by atoms with E-state index in [2.05, 4.69) is 43.4 Å². The van der Waals surface area contributed by atoms with Crippen molar-refractivity contribution in [2.45, 2.75) is 32.9 Å². The van der Waals surface area contributed by atoms with E-state index in [0.29, 0.717) is 6.10 Å². The quantitative estimate of drug-likeness (QED) is 0.750. The minimum atomic E-state index is 0.315. The molecular formula is C18H25NO2. The van der Waals surface area contributed by atoms with E-state index in [0.717, 1.165) is 31.9 Å². The van der Waals surface area contributed by atoms with Gasteiger partial charge in [-0.15, -0.1) is 0 Å². The van der Waals surface area contributed by atoms with Gasteiger partial charge in [0, 0.05) is 18.5 Å². The second-order valence-corrected chi connectivity index (χ2v) is 5.42. The molecule has 0 unspecified atom stereocenters. The lowest BCUT2D eigenvalue weighted by atomic mass is 10.0. The minimum absolute atomic E-state index is 0.315. The Hall–Kier alpha value is -1.58. The molecule has 0 bridgehead atoms. The minimum Gasteiger partial charge on any atom is -0.496 e. The molecule has 0 atom stereocenters. The molecule has 0 saturated carbocycles. The molecule has 0 radical (unpaired) electrons. The van der Waals surface area contributed by atoms with Crippen LogP contribution in [0.25, 0.3) is 10.8 Å². The van der Waals surface area contributed by atoms with Gasteiger partial charge in [-0.2, -0.15) is 0 Å². The number of benzene rings is 2. The lowest BCUT2D eigenvalue weighted by molar-refractivity contribution is 0.0770. The van der Waals surface area contributed by atoms with E-state index >= 15 is 0 Å². The lowest BCUT2D eigenvalue weighted by Gasteiger charge is -2.12. The largest absolute Gasteiger partial charge is 0.496 e. The maximum Gasteiger partial charge on any atom is 0.126 e. The van der Waals surface area contributed by atoms with E-state index in [1.807, 2.05) is 12.1 Å². The Morgan fingerprint density at radius 3 is 2.52 bits per heavy atom. The SMILES string of the molecule is COc1ccc(CNCCCOC(C)C)c2ccccc12. The van der Waals surface area contributed by atoms with Gasteiger partial charge in [-0.05, 0) is 43.8 Å². The Morgan fingerprint density at radius 1 is 1.05 bits per heavy atom. The van der Waals surface area contributed by atoms with Gasteiger partial charge in [0.1, 0.15) is 5.75 Å². The van der Waals surface area contributed by atoms with E-state index in [1.165, 1.54) is 16.3 Å². The van der Waals surface area contributed by atoms with Gasteiger partial charge >= 0.3 is 0 Å². The maximum atomic E-state index is 5.54. The summed E-state index contributed by atoms with van der Waals surface area (Å²) < 4.78 is 11.0. The molecule has 0 saturated heterocycles. The van der Waals surface area contributed by atoms with Crippen LogP contribution in [0.15, 0.2) is 36.4 Å². The zero-order valence-electron chi connectivity index (χ0n) is 13.2. The Bertz CT molecular complexity index is 566. The van der Waals surface area contributed by atoms with Crippen LogP contribution in [-0.4, -0.2) is 26.4 Å². The third-order valence-corrected chi connectivity index (χ3v) is 3.46. The van der Waals surface area contributed by atoms with Gasteiger partial charge in [-0.1, -0.05) is 30.3 Å². The molecule has 0 aromatic heterocycles. The highest BCUT2D eigenvalue weighted by Gasteiger charge is 2.05. The maximum absolute atomic E-state index is 5.54. The number of rotatable bonds is 8. The molecule has 0 spiro atoms. The smallest absolute Gasteiger partial charge is 0.126 e. The summed E-state index contributed by atoms with van der Waals surface area (Å²) in [5.74, 6) is 0.930. The van der Waals surface area contributed by atoms with Crippen molar-refractivity contribution in [1.29, 1.82) is 0 Å². The zero-order valence-corrected chi connectivity index (χ0v) is 13.2. The van der Waals surface area contributed by atoms with Crippen molar-refractivity contribution in [2.24, 2.45) is 0 Å². The third-order valence-electron chi connectivity index (χ3n) is 3.46. The van der Waals surface area contributed by atoms with Crippen molar-refractivity contribution in [3.63, 3.8) is 0 Å². The summed E-state index contributed by atoms with van der Waals surface area (Å²) in [5.41, 5.74) is 1.30. The van der Waals surface area contributed by atoms with Crippen LogP contribution in [0.1, 0.15) is 25.8 Å². The summed E-state index contributed by atoms with van der Waals surface area (Å²) in [6.07, 6.45) is 1.35. The molecule has 3 nitrogen and oxygen atoms in total. The van der Waals surface area contributed by atoms with E-state index in [4.69, 9.17) is 9.47 Å². The second-order valence-electron chi connectivity index (χ2n) is 5.42. The number of fused-ring (bicyclic) bond motifs is 1. The van der Waals surface area contributed by atoms with Crippen molar-refractivity contribution in [3.05, 3.63) is 42.0 Å². The fourth-order valence-corrected chi connectivity index (χ4v) is 2.41.